The summed E-state index contributed by atoms with van der Waals surface area (Å²) in [5.41, 5.74) is 2.49. The molecule has 1 rings (SSSR count). The summed E-state index contributed by atoms with van der Waals surface area (Å²) in [5, 5.41) is 0. The smallest absolute Gasteiger partial charge is 0.337 e. The Morgan fingerprint density at radius 2 is 1.89 bits per heavy atom. The van der Waals surface area contributed by atoms with Gasteiger partial charge in [-0.1, -0.05) is 57.7 Å². The maximum Gasteiger partial charge on any atom is 0.337 e. The molecule has 3 heteroatoms. The number of benzene rings is 1. The fourth-order valence-corrected chi connectivity index (χ4v) is 4.47. The highest BCUT2D eigenvalue weighted by Crippen LogP contribution is 2.24. The largest absolute Gasteiger partial charge is 0.398 e. The van der Waals surface area contributed by atoms with Crippen LogP contribution >= 0.6 is 0 Å². The molecule has 1 aromatic carbocycles. The van der Waals surface area contributed by atoms with E-state index in [1.54, 1.807) is 7.11 Å². The van der Waals surface area contributed by atoms with Gasteiger partial charge in [0.15, 0.2) is 0 Å². The van der Waals surface area contributed by atoms with Crippen molar-refractivity contribution in [2.24, 2.45) is 0 Å². The minimum atomic E-state index is -1.97. The molecule has 0 bridgehead atoms. The summed E-state index contributed by atoms with van der Waals surface area (Å²) in [4.78, 5) is 0. The number of hydrogen-bond acceptors (Lipinski definition) is 2. The van der Waals surface area contributed by atoms with Crippen LogP contribution < -0.4 is 0 Å². The van der Waals surface area contributed by atoms with E-state index < -0.39 is 8.56 Å². The third-order valence-electron chi connectivity index (χ3n) is 3.79. The first-order valence-electron chi connectivity index (χ1n) is 7.03. The van der Waals surface area contributed by atoms with Crippen molar-refractivity contribution >= 4 is 14.6 Å². The maximum atomic E-state index is 6.18. The second kappa shape index (κ2) is 7.63. The molecule has 0 fully saturated rings. The molecular weight excluding hydrogens is 252 g/mol. The zero-order valence-corrected chi connectivity index (χ0v) is 13.6. The van der Waals surface area contributed by atoms with Crippen molar-refractivity contribution in [1.82, 2.24) is 0 Å². The van der Waals surface area contributed by atoms with Crippen LogP contribution in [0, 0.1) is 0 Å². The molecule has 0 N–H and O–H groups in total. The van der Waals surface area contributed by atoms with Crippen molar-refractivity contribution in [2.45, 2.75) is 38.8 Å². The van der Waals surface area contributed by atoms with Crippen LogP contribution in [0.4, 0.5) is 0 Å². The second-order valence-electron chi connectivity index (χ2n) is 4.87. The lowest BCUT2D eigenvalue weighted by atomic mass is 9.96. The molecule has 0 saturated heterocycles. The summed E-state index contributed by atoms with van der Waals surface area (Å²) in [6, 6.07) is 10.4. The lowest BCUT2D eigenvalue weighted by Crippen LogP contribution is -2.40. The van der Waals surface area contributed by atoms with Crippen molar-refractivity contribution in [3.8, 4) is 0 Å². The number of hydrogen-bond donors (Lipinski definition) is 0. The zero-order chi connectivity index (χ0) is 14.3. The van der Waals surface area contributed by atoms with E-state index in [-0.39, 0.29) is 0 Å². The predicted molar refractivity (Wildman–Crippen MR) is 84.6 cm³/mol. The average Bonchev–Trinajstić information content (AvgIpc) is 2.49. The van der Waals surface area contributed by atoms with E-state index in [9.17, 15) is 0 Å². The van der Waals surface area contributed by atoms with E-state index in [1.165, 1.54) is 11.1 Å². The van der Waals surface area contributed by atoms with Gasteiger partial charge in [-0.25, -0.2) is 0 Å². The molecule has 0 radical (unpaired) electrons. The molecule has 0 amide bonds. The Balaban J connectivity index is 2.74. The summed E-state index contributed by atoms with van der Waals surface area (Å²) >= 11 is 0. The maximum absolute atomic E-state index is 6.18. The van der Waals surface area contributed by atoms with Crippen molar-refractivity contribution < 1.29 is 8.85 Å². The monoisotopic (exact) mass is 278 g/mol. The van der Waals surface area contributed by atoms with Gasteiger partial charge in [0.25, 0.3) is 0 Å². The third-order valence-corrected chi connectivity index (χ3v) is 7.38. The zero-order valence-electron chi connectivity index (χ0n) is 12.6. The highest BCUT2D eigenvalue weighted by atomic mass is 28.4. The molecule has 0 spiro atoms. The second-order valence-corrected chi connectivity index (χ2v) is 8.80. The summed E-state index contributed by atoms with van der Waals surface area (Å²) < 4.78 is 11.9. The van der Waals surface area contributed by atoms with Crippen LogP contribution in [0.2, 0.25) is 12.1 Å². The molecule has 0 heterocycles. The molecule has 19 heavy (non-hydrogen) atoms. The fraction of sp³-hybridized carbons (Fsp3) is 0.500. The molecule has 0 aliphatic carbocycles. The Labute approximate surface area is 118 Å². The Morgan fingerprint density at radius 1 is 1.26 bits per heavy atom. The molecule has 0 aliphatic rings. The molecule has 1 aromatic rings. The van der Waals surface area contributed by atoms with Crippen molar-refractivity contribution in [3.63, 3.8) is 0 Å². The summed E-state index contributed by atoms with van der Waals surface area (Å²) in [6.45, 7) is 11.1. The average molecular weight is 278 g/mol. The van der Waals surface area contributed by atoms with Crippen LogP contribution in [0.15, 0.2) is 30.8 Å². The molecule has 2 nitrogen and oxygen atoms in total. The third kappa shape index (κ3) is 4.03. The minimum absolute atomic E-state index is 0.356. The van der Waals surface area contributed by atoms with Gasteiger partial charge in [-0.05, 0) is 23.2 Å². The topological polar surface area (TPSA) is 18.5 Å². The highest BCUT2D eigenvalue weighted by molar-refractivity contribution is 6.67. The van der Waals surface area contributed by atoms with Gasteiger partial charge in [-0.15, -0.1) is 0 Å². The van der Waals surface area contributed by atoms with Crippen molar-refractivity contribution in [3.05, 3.63) is 42.0 Å². The van der Waals surface area contributed by atoms with Crippen LogP contribution in [0.25, 0.3) is 6.08 Å². The minimum Gasteiger partial charge on any atom is -0.398 e. The molecule has 106 valence electrons. The van der Waals surface area contributed by atoms with Gasteiger partial charge < -0.3 is 8.85 Å². The van der Waals surface area contributed by atoms with Crippen molar-refractivity contribution in [2.75, 3.05) is 13.7 Å². The molecule has 0 saturated carbocycles. The Bertz CT molecular complexity index is 391. The first-order chi connectivity index (χ1) is 9.12. The molecule has 0 aromatic heterocycles. The fourth-order valence-electron chi connectivity index (χ4n) is 2.31. The van der Waals surface area contributed by atoms with Gasteiger partial charge in [-0.3, -0.25) is 0 Å². The van der Waals surface area contributed by atoms with Gasteiger partial charge in [0.2, 0.25) is 0 Å². The first-order valence-corrected chi connectivity index (χ1v) is 9.26. The Hall–Kier alpha value is -0.903. The normalized spacial score (nSPS) is 13.3. The van der Waals surface area contributed by atoms with Gasteiger partial charge >= 0.3 is 8.56 Å². The Morgan fingerprint density at radius 3 is 2.42 bits per heavy atom. The van der Waals surface area contributed by atoms with Crippen LogP contribution in [0.3, 0.4) is 0 Å². The SMILES string of the molecule is C=Cc1ccccc1C(C)CO[Si](CC)(CC)OC. The van der Waals surface area contributed by atoms with E-state index in [2.05, 4.69) is 45.5 Å². The van der Waals surface area contributed by atoms with E-state index in [0.29, 0.717) is 12.5 Å². The molecular formula is C16H26O2Si. The summed E-state index contributed by atoms with van der Waals surface area (Å²) in [5.74, 6) is 0.356. The van der Waals surface area contributed by atoms with Crippen LogP contribution in [-0.2, 0) is 8.85 Å². The molecule has 1 atom stereocenters. The number of rotatable bonds is 8. The van der Waals surface area contributed by atoms with E-state index >= 15 is 0 Å². The van der Waals surface area contributed by atoms with Gasteiger partial charge in [-0.2, -0.15) is 0 Å². The first kappa shape index (κ1) is 16.2. The van der Waals surface area contributed by atoms with E-state index in [4.69, 9.17) is 8.85 Å². The van der Waals surface area contributed by atoms with Crippen LogP contribution in [-0.4, -0.2) is 22.3 Å². The van der Waals surface area contributed by atoms with Gasteiger partial charge in [0, 0.05) is 19.6 Å². The lowest BCUT2D eigenvalue weighted by Gasteiger charge is -2.28. The standard InChI is InChI=1S/C16H26O2Si/c1-6-15-11-9-10-12-16(15)14(4)13-18-19(7-2,8-3)17-5/h6,9-12,14H,1,7-8,13H2,2-5H3. The molecule has 0 aliphatic heterocycles. The molecule has 1 unspecified atom stereocenters. The lowest BCUT2D eigenvalue weighted by molar-refractivity contribution is 0.190. The Kier molecular flexibility index (Phi) is 6.49. The van der Waals surface area contributed by atoms with Gasteiger partial charge in [0.05, 0.1) is 0 Å². The van der Waals surface area contributed by atoms with E-state index in [0.717, 1.165) is 12.1 Å². The van der Waals surface area contributed by atoms with Crippen LogP contribution in [0.1, 0.15) is 37.8 Å². The van der Waals surface area contributed by atoms with Gasteiger partial charge in [0.1, 0.15) is 0 Å². The summed E-state index contributed by atoms with van der Waals surface area (Å²) in [6.07, 6.45) is 1.91. The predicted octanol–water partition coefficient (Wildman–Crippen LogP) is 4.58. The van der Waals surface area contributed by atoms with Crippen LogP contribution in [0.5, 0.6) is 0 Å². The van der Waals surface area contributed by atoms with E-state index in [1.807, 2.05) is 12.1 Å². The quantitative estimate of drug-likeness (QED) is 0.648. The van der Waals surface area contributed by atoms with Crippen molar-refractivity contribution in [1.29, 1.82) is 0 Å². The highest BCUT2D eigenvalue weighted by Gasteiger charge is 2.32. The summed E-state index contributed by atoms with van der Waals surface area (Å²) in [7, 11) is -0.187.